The molecule has 1 aliphatic rings. The topological polar surface area (TPSA) is 53.3 Å². The number of carbonyl (C=O) groups is 2. The lowest BCUT2D eigenvalue weighted by atomic mass is 10.1. The zero-order valence-corrected chi connectivity index (χ0v) is 14.0. The number of amides is 2. The Morgan fingerprint density at radius 2 is 2.00 bits per heavy atom. The molecule has 124 valence electrons. The minimum atomic E-state index is -0.605. The monoisotopic (exact) mass is 324 g/mol. The summed E-state index contributed by atoms with van der Waals surface area (Å²) in [6, 6.07) is 12.7. The van der Waals surface area contributed by atoms with Crippen molar-refractivity contribution in [1.29, 1.82) is 0 Å². The first-order chi connectivity index (χ1) is 11.6. The molecule has 1 aromatic heterocycles. The molecule has 2 aromatic rings. The van der Waals surface area contributed by atoms with Gasteiger partial charge in [-0.05, 0) is 25.0 Å². The second-order valence-electron chi connectivity index (χ2n) is 6.05. The molecule has 1 aromatic carbocycles. The molecule has 2 amide bonds. The van der Waals surface area contributed by atoms with Crippen molar-refractivity contribution in [3.63, 3.8) is 0 Å². The van der Waals surface area contributed by atoms with Crippen molar-refractivity contribution >= 4 is 17.5 Å². The van der Waals surface area contributed by atoms with Gasteiger partial charge in [-0.1, -0.05) is 31.2 Å². The summed E-state index contributed by atoms with van der Waals surface area (Å²) in [6.45, 7) is 4.81. The third kappa shape index (κ3) is 3.02. The van der Waals surface area contributed by atoms with Crippen LogP contribution in [0.1, 0.15) is 30.6 Å². The van der Waals surface area contributed by atoms with E-state index in [-0.39, 0.29) is 18.4 Å². The van der Waals surface area contributed by atoms with E-state index < -0.39 is 6.04 Å². The van der Waals surface area contributed by atoms with Crippen LogP contribution in [-0.4, -0.2) is 23.3 Å². The zero-order valence-electron chi connectivity index (χ0n) is 14.0. The summed E-state index contributed by atoms with van der Waals surface area (Å²) in [4.78, 5) is 27.2. The molecule has 2 heterocycles. The van der Waals surface area contributed by atoms with Crippen LogP contribution >= 0.6 is 0 Å². The van der Waals surface area contributed by atoms with Crippen LogP contribution in [0.15, 0.2) is 48.7 Å². The normalized spacial score (nSPS) is 16.7. The molecule has 1 atom stereocenters. The second kappa shape index (κ2) is 6.83. The van der Waals surface area contributed by atoms with E-state index in [0.717, 1.165) is 23.4 Å². The molecule has 0 fully saturated rings. The van der Waals surface area contributed by atoms with Crippen molar-refractivity contribution < 1.29 is 14.2 Å². The largest absolute Gasteiger partial charge is 0.324 e. The molecule has 0 bridgehead atoms. The van der Waals surface area contributed by atoms with Gasteiger partial charge in [-0.2, -0.15) is 4.57 Å². The summed E-state index contributed by atoms with van der Waals surface area (Å²) in [5, 5.41) is 2.98. The number of hydrogen-bond acceptors (Lipinski definition) is 2. The van der Waals surface area contributed by atoms with Gasteiger partial charge >= 0.3 is 0 Å². The maximum atomic E-state index is 13.0. The van der Waals surface area contributed by atoms with Crippen molar-refractivity contribution in [2.24, 2.45) is 0 Å². The molecule has 1 unspecified atom stereocenters. The van der Waals surface area contributed by atoms with Crippen molar-refractivity contribution in [2.45, 2.75) is 32.9 Å². The third-order valence-corrected chi connectivity index (χ3v) is 4.31. The van der Waals surface area contributed by atoms with Crippen LogP contribution in [0.25, 0.3) is 0 Å². The first kappa shape index (κ1) is 16.2. The fraction of sp³-hybridized carbons (Fsp3) is 0.316. The number of aryl methyl sites for hydroxylation is 1. The third-order valence-electron chi connectivity index (χ3n) is 4.31. The van der Waals surface area contributed by atoms with E-state index in [0.29, 0.717) is 6.54 Å². The minimum Gasteiger partial charge on any atom is -0.324 e. The highest BCUT2D eigenvalue weighted by Gasteiger charge is 2.42. The predicted octanol–water partition coefficient (Wildman–Crippen LogP) is 2.21. The Kier molecular flexibility index (Phi) is 4.60. The van der Waals surface area contributed by atoms with Crippen molar-refractivity contribution in [3.8, 4) is 0 Å². The van der Waals surface area contributed by atoms with Crippen molar-refractivity contribution in [1.82, 2.24) is 4.90 Å². The van der Waals surface area contributed by atoms with Crippen LogP contribution < -0.4 is 9.88 Å². The van der Waals surface area contributed by atoms with Gasteiger partial charge < -0.3 is 10.2 Å². The molecule has 0 aliphatic carbocycles. The first-order valence-corrected chi connectivity index (χ1v) is 8.26. The molecular weight excluding hydrogens is 302 g/mol. The molecule has 24 heavy (non-hydrogen) atoms. The number of hydrogen-bond donors (Lipinski definition) is 1. The van der Waals surface area contributed by atoms with E-state index >= 15 is 0 Å². The van der Waals surface area contributed by atoms with Gasteiger partial charge in [0, 0.05) is 24.4 Å². The fourth-order valence-corrected chi connectivity index (χ4v) is 3.11. The number of nitrogens with zero attached hydrogens (tertiary/aromatic N) is 2. The van der Waals surface area contributed by atoms with Gasteiger partial charge in [-0.15, -0.1) is 0 Å². The first-order valence-electron chi connectivity index (χ1n) is 8.26. The zero-order chi connectivity index (χ0) is 17.1. The van der Waals surface area contributed by atoms with Crippen LogP contribution in [0.3, 0.4) is 0 Å². The van der Waals surface area contributed by atoms with Gasteiger partial charge in [0.1, 0.15) is 0 Å². The Hall–Kier alpha value is -2.69. The lowest BCUT2D eigenvalue weighted by molar-refractivity contribution is -0.698. The summed E-state index contributed by atoms with van der Waals surface area (Å²) in [6.07, 6.45) is 2.66. The Morgan fingerprint density at radius 1 is 1.25 bits per heavy atom. The maximum Gasteiger partial charge on any atom is 0.289 e. The lowest BCUT2D eigenvalue weighted by Gasteiger charge is -2.32. The lowest BCUT2D eigenvalue weighted by Crippen LogP contribution is -2.58. The molecule has 3 rings (SSSR count). The van der Waals surface area contributed by atoms with E-state index in [9.17, 15) is 9.59 Å². The van der Waals surface area contributed by atoms with Crippen LogP contribution in [0, 0.1) is 6.92 Å². The number of rotatable bonds is 4. The summed E-state index contributed by atoms with van der Waals surface area (Å²) in [5.41, 5.74) is 2.62. The number of aromatic nitrogens is 1. The molecule has 0 radical (unpaired) electrons. The summed E-state index contributed by atoms with van der Waals surface area (Å²) in [7, 11) is 0. The molecule has 1 aliphatic heterocycles. The number of fused-ring (bicyclic) bond motifs is 1. The highest BCUT2D eigenvalue weighted by Crippen LogP contribution is 2.25. The van der Waals surface area contributed by atoms with Crippen LogP contribution in [0.5, 0.6) is 0 Å². The van der Waals surface area contributed by atoms with Gasteiger partial charge in [0.25, 0.3) is 11.8 Å². The molecule has 0 saturated carbocycles. The Balaban J connectivity index is 1.96. The highest BCUT2D eigenvalue weighted by atomic mass is 16.2. The second-order valence-corrected chi connectivity index (χ2v) is 6.05. The van der Waals surface area contributed by atoms with Gasteiger partial charge in [0.05, 0.1) is 0 Å². The van der Waals surface area contributed by atoms with Gasteiger partial charge in [0.15, 0.2) is 12.2 Å². The van der Waals surface area contributed by atoms with Crippen LogP contribution in [0.2, 0.25) is 0 Å². The van der Waals surface area contributed by atoms with Gasteiger partial charge in [-0.3, -0.25) is 9.59 Å². The molecule has 0 spiro atoms. The summed E-state index contributed by atoms with van der Waals surface area (Å²) in [5.74, 6) is -0.198. The highest BCUT2D eigenvalue weighted by molar-refractivity contribution is 5.98. The van der Waals surface area contributed by atoms with Crippen LogP contribution in [-0.2, 0) is 16.1 Å². The average Bonchev–Trinajstić information content (AvgIpc) is 2.57. The average molecular weight is 324 g/mol. The predicted molar refractivity (Wildman–Crippen MR) is 91.2 cm³/mol. The van der Waals surface area contributed by atoms with Gasteiger partial charge in [0.2, 0.25) is 12.2 Å². The quantitative estimate of drug-likeness (QED) is 0.877. The van der Waals surface area contributed by atoms with Crippen molar-refractivity contribution in [3.05, 3.63) is 59.9 Å². The number of pyridine rings is 1. The van der Waals surface area contributed by atoms with E-state index in [1.807, 2.05) is 67.1 Å². The fourth-order valence-electron chi connectivity index (χ4n) is 3.11. The van der Waals surface area contributed by atoms with Gasteiger partial charge in [-0.25, -0.2) is 0 Å². The molecular formula is C19H22N3O2+. The molecule has 1 N–H and O–H groups in total. The smallest absolute Gasteiger partial charge is 0.289 e. The minimum absolute atomic E-state index is 0.0227. The molecule has 0 saturated heterocycles. The Labute approximate surface area is 141 Å². The number of benzene rings is 1. The van der Waals surface area contributed by atoms with E-state index in [1.54, 1.807) is 4.90 Å². The Bertz CT molecular complexity index is 773. The van der Waals surface area contributed by atoms with E-state index in [2.05, 4.69) is 5.32 Å². The number of carbonyl (C=O) groups excluding carboxylic acids is 2. The maximum absolute atomic E-state index is 13.0. The van der Waals surface area contributed by atoms with E-state index in [1.165, 1.54) is 0 Å². The summed E-state index contributed by atoms with van der Waals surface area (Å²) >= 11 is 0. The number of nitrogens with one attached hydrogen (secondary N) is 1. The Morgan fingerprint density at radius 3 is 2.75 bits per heavy atom. The number of para-hydroxylation sites is 1. The SMILES string of the molecule is CCCN1C(=O)C[n+]2ccccc2C1C(=O)Nc1ccccc1C. The van der Waals surface area contributed by atoms with Crippen molar-refractivity contribution in [2.75, 3.05) is 11.9 Å². The molecule has 5 nitrogen and oxygen atoms in total. The van der Waals surface area contributed by atoms with Crippen LogP contribution in [0.4, 0.5) is 5.69 Å². The molecule has 5 heteroatoms. The number of anilines is 1. The van der Waals surface area contributed by atoms with E-state index in [4.69, 9.17) is 0 Å². The summed E-state index contributed by atoms with van der Waals surface area (Å²) < 4.78 is 1.86. The standard InChI is InChI=1S/C19H21N3O2/c1-3-11-22-17(23)13-21-12-7-6-10-16(21)18(22)19(24)20-15-9-5-4-8-14(15)2/h4-10,12,18H,3,11,13H2,1-2H3/p+1.